The van der Waals surface area contributed by atoms with E-state index in [1.54, 1.807) is 17.4 Å². The van der Waals surface area contributed by atoms with Gasteiger partial charge in [0.25, 0.3) is 5.91 Å². The molecule has 3 aromatic rings. The van der Waals surface area contributed by atoms with Gasteiger partial charge in [-0.05, 0) is 29.6 Å². The Morgan fingerprint density at radius 2 is 1.96 bits per heavy atom. The number of hydrogen-bond acceptors (Lipinski definition) is 5. The monoisotopic (exact) mass is 373 g/mol. The number of rotatable bonds is 3. The molecule has 1 aromatic carbocycles. The van der Waals surface area contributed by atoms with E-state index in [0.29, 0.717) is 24.5 Å². The minimum atomic E-state index is -0.0858. The second kappa shape index (κ2) is 6.90. The maximum Gasteiger partial charge on any atom is 0.276 e. The topological polar surface area (TPSA) is 49.6 Å². The number of thiophene rings is 1. The minimum absolute atomic E-state index is 0.0858. The summed E-state index contributed by atoms with van der Waals surface area (Å²) in [6.07, 6.45) is 0. The van der Waals surface area contributed by atoms with E-state index in [9.17, 15) is 4.79 Å². The predicted octanol–water partition coefficient (Wildman–Crippen LogP) is 4.02. The Hall–Kier alpha value is -2.31. The van der Waals surface area contributed by atoms with Crippen LogP contribution >= 0.6 is 22.9 Å². The zero-order chi connectivity index (χ0) is 17.2. The third kappa shape index (κ3) is 3.41. The van der Waals surface area contributed by atoms with Gasteiger partial charge in [-0.15, -0.1) is 11.3 Å². The number of benzene rings is 1. The van der Waals surface area contributed by atoms with Crippen molar-refractivity contribution in [3.05, 3.63) is 58.6 Å². The maximum absolute atomic E-state index is 12.6. The van der Waals surface area contributed by atoms with Gasteiger partial charge < -0.3 is 14.3 Å². The molecule has 4 rings (SSSR count). The first-order chi connectivity index (χ1) is 12.2. The summed E-state index contributed by atoms with van der Waals surface area (Å²) >= 11 is 7.62. The van der Waals surface area contributed by atoms with Gasteiger partial charge in [-0.25, -0.2) is 0 Å². The van der Waals surface area contributed by atoms with E-state index in [1.165, 1.54) is 0 Å². The minimum Gasteiger partial charge on any atom is -0.368 e. The van der Waals surface area contributed by atoms with E-state index in [-0.39, 0.29) is 5.91 Å². The van der Waals surface area contributed by atoms with Crippen LogP contribution in [0.15, 0.2) is 52.4 Å². The van der Waals surface area contributed by atoms with E-state index < -0.39 is 0 Å². The van der Waals surface area contributed by atoms with Crippen LogP contribution in [0.2, 0.25) is 5.02 Å². The molecule has 0 spiro atoms. The summed E-state index contributed by atoms with van der Waals surface area (Å²) in [6, 6.07) is 13.4. The highest BCUT2D eigenvalue weighted by atomic mass is 35.5. The van der Waals surface area contributed by atoms with Gasteiger partial charge in [0.15, 0.2) is 11.5 Å². The highest BCUT2D eigenvalue weighted by Crippen LogP contribution is 2.26. The van der Waals surface area contributed by atoms with E-state index in [0.717, 1.165) is 28.7 Å². The molecule has 25 heavy (non-hydrogen) atoms. The van der Waals surface area contributed by atoms with Crippen LogP contribution in [0.5, 0.6) is 0 Å². The Morgan fingerprint density at radius 3 is 2.68 bits per heavy atom. The highest BCUT2D eigenvalue weighted by Gasteiger charge is 2.25. The summed E-state index contributed by atoms with van der Waals surface area (Å²) in [5.41, 5.74) is 1.45. The van der Waals surface area contributed by atoms with Crippen LogP contribution in [0.3, 0.4) is 0 Å². The van der Waals surface area contributed by atoms with Crippen molar-refractivity contribution in [1.82, 2.24) is 10.1 Å². The third-order valence-corrected chi connectivity index (χ3v) is 5.35. The number of anilines is 1. The van der Waals surface area contributed by atoms with Crippen molar-refractivity contribution in [2.24, 2.45) is 0 Å². The summed E-state index contributed by atoms with van der Waals surface area (Å²) in [5, 5.41) is 6.63. The van der Waals surface area contributed by atoms with Crippen molar-refractivity contribution in [2.75, 3.05) is 31.1 Å². The molecule has 1 fully saturated rings. The van der Waals surface area contributed by atoms with Gasteiger partial charge in [-0.3, -0.25) is 4.79 Å². The largest absolute Gasteiger partial charge is 0.368 e. The van der Waals surface area contributed by atoms with Crippen molar-refractivity contribution in [3.8, 4) is 10.6 Å². The molecular weight excluding hydrogens is 358 g/mol. The number of carbonyl (C=O) groups excluding carboxylic acids is 1. The summed E-state index contributed by atoms with van der Waals surface area (Å²) < 4.78 is 5.31. The summed E-state index contributed by atoms with van der Waals surface area (Å²) in [4.78, 5) is 17.7. The number of halogens is 1. The van der Waals surface area contributed by atoms with Crippen molar-refractivity contribution in [2.45, 2.75) is 0 Å². The molecule has 1 aliphatic rings. The number of amides is 1. The number of hydrogen-bond donors (Lipinski definition) is 0. The summed E-state index contributed by atoms with van der Waals surface area (Å²) in [7, 11) is 0. The fourth-order valence-corrected chi connectivity index (χ4v) is 3.77. The summed E-state index contributed by atoms with van der Waals surface area (Å²) in [6.45, 7) is 2.82. The number of aromatic nitrogens is 1. The van der Waals surface area contributed by atoms with Crippen LogP contribution < -0.4 is 4.90 Å². The van der Waals surface area contributed by atoms with Gasteiger partial charge in [-0.1, -0.05) is 28.9 Å². The fraction of sp³-hybridized carbons (Fsp3) is 0.222. The van der Waals surface area contributed by atoms with Crippen LogP contribution in [0.25, 0.3) is 10.6 Å². The van der Waals surface area contributed by atoms with Gasteiger partial charge in [0.2, 0.25) is 0 Å². The van der Waals surface area contributed by atoms with Gasteiger partial charge >= 0.3 is 0 Å². The van der Waals surface area contributed by atoms with Crippen molar-refractivity contribution in [1.29, 1.82) is 0 Å². The Labute approximate surface area is 154 Å². The van der Waals surface area contributed by atoms with Gasteiger partial charge in [0.05, 0.1) is 4.88 Å². The molecule has 0 bridgehead atoms. The van der Waals surface area contributed by atoms with Crippen LogP contribution in [0.4, 0.5) is 5.69 Å². The number of carbonyl (C=O) groups is 1. The molecular formula is C18H16ClN3O2S. The van der Waals surface area contributed by atoms with E-state index >= 15 is 0 Å². The lowest BCUT2D eigenvalue weighted by Crippen LogP contribution is -2.48. The molecule has 0 radical (unpaired) electrons. The Kier molecular flexibility index (Phi) is 4.46. The van der Waals surface area contributed by atoms with Crippen molar-refractivity contribution in [3.63, 3.8) is 0 Å². The molecule has 0 unspecified atom stereocenters. The maximum atomic E-state index is 12.6. The van der Waals surface area contributed by atoms with Crippen LogP contribution in [-0.4, -0.2) is 42.1 Å². The van der Waals surface area contributed by atoms with Crippen molar-refractivity contribution < 1.29 is 9.32 Å². The molecule has 0 aliphatic carbocycles. The molecule has 0 saturated carbocycles. The molecule has 3 heterocycles. The normalized spacial score (nSPS) is 14.8. The lowest BCUT2D eigenvalue weighted by atomic mass is 10.2. The molecule has 0 atom stereocenters. The highest BCUT2D eigenvalue weighted by molar-refractivity contribution is 7.13. The lowest BCUT2D eigenvalue weighted by Gasteiger charge is -2.35. The smallest absolute Gasteiger partial charge is 0.276 e. The Morgan fingerprint density at radius 1 is 1.12 bits per heavy atom. The second-order valence-electron chi connectivity index (χ2n) is 5.81. The van der Waals surface area contributed by atoms with Gasteiger partial charge in [0, 0.05) is 43.0 Å². The molecule has 0 N–H and O–H groups in total. The van der Waals surface area contributed by atoms with Crippen LogP contribution in [0.1, 0.15) is 10.5 Å². The first-order valence-electron chi connectivity index (χ1n) is 8.01. The quantitative estimate of drug-likeness (QED) is 0.695. The van der Waals surface area contributed by atoms with Crippen molar-refractivity contribution >= 4 is 34.5 Å². The first kappa shape index (κ1) is 16.2. The second-order valence-corrected chi connectivity index (χ2v) is 7.20. The molecule has 128 valence electrons. The Bertz CT molecular complexity index is 870. The average Bonchev–Trinajstić information content (AvgIpc) is 3.32. The third-order valence-electron chi connectivity index (χ3n) is 4.23. The SMILES string of the molecule is O=C(c1cc(-c2cccs2)on1)N1CCN(c2cccc(Cl)c2)CC1. The number of nitrogens with zero attached hydrogens (tertiary/aromatic N) is 3. The zero-order valence-corrected chi connectivity index (χ0v) is 15.0. The van der Waals surface area contributed by atoms with E-state index in [4.69, 9.17) is 16.1 Å². The van der Waals surface area contributed by atoms with Gasteiger partial charge in [0.1, 0.15) is 0 Å². The molecule has 2 aromatic heterocycles. The predicted molar refractivity (Wildman–Crippen MR) is 99.4 cm³/mol. The van der Waals surface area contributed by atoms with Crippen LogP contribution in [-0.2, 0) is 0 Å². The first-order valence-corrected chi connectivity index (χ1v) is 9.27. The molecule has 5 nitrogen and oxygen atoms in total. The Balaban J connectivity index is 1.41. The van der Waals surface area contributed by atoms with E-state index in [2.05, 4.69) is 10.1 Å². The lowest BCUT2D eigenvalue weighted by molar-refractivity contribution is 0.0736. The zero-order valence-electron chi connectivity index (χ0n) is 13.4. The number of piperazine rings is 1. The molecule has 1 saturated heterocycles. The summed E-state index contributed by atoms with van der Waals surface area (Å²) in [5.74, 6) is 0.549. The molecule has 1 aliphatic heterocycles. The molecule has 1 amide bonds. The van der Waals surface area contributed by atoms with Gasteiger partial charge in [-0.2, -0.15) is 0 Å². The fourth-order valence-electron chi connectivity index (χ4n) is 2.91. The average molecular weight is 374 g/mol. The van der Waals surface area contributed by atoms with E-state index in [1.807, 2.05) is 46.7 Å². The molecule has 7 heteroatoms. The standard InChI is InChI=1S/C18H16ClN3O2S/c19-13-3-1-4-14(11-13)21-6-8-22(9-7-21)18(23)15-12-16(24-20-15)17-5-2-10-25-17/h1-5,10-12H,6-9H2. The van der Waals surface area contributed by atoms with Crippen LogP contribution in [0, 0.1) is 0 Å².